The van der Waals surface area contributed by atoms with Gasteiger partial charge < -0.3 is 19.7 Å². The number of thiophene rings is 2. The molecule has 2 aromatic rings. The predicted octanol–water partition coefficient (Wildman–Crippen LogP) is 4.46. The van der Waals surface area contributed by atoms with Gasteiger partial charge >= 0.3 is 12.0 Å². The molecular formula is C23H31N3O4S2. The Hall–Kier alpha value is -1.94. The van der Waals surface area contributed by atoms with Gasteiger partial charge in [-0.05, 0) is 64.3 Å². The van der Waals surface area contributed by atoms with Crippen LogP contribution in [0.25, 0.3) is 0 Å². The fourth-order valence-corrected chi connectivity index (χ4v) is 6.64. The molecule has 0 saturated carbocycles. The molecule has 32 heavy (non-hydrogen) atoms. The van der Waals surface area contributed by atoms with Crippen LogP contribution in [0.5, 0.6) is 0 Å². The van der Waals surface area contributed by atoms with Crippen molar-refractivity contribution < 1.29 is 19.1 Å². The molecule has 7 nitrogen and oxygen atoms in total. The molecule has 9 heteroatoms. The van der Waals surface area contributed by atoms with E-state index in [0.717, 1.165) is 30.0 Å². The molecule has 0 radical (unpaired) electrons. The zero-order chi connectivity index (χ0) is 23.0. The molecule has 0 saturated heterocycles. The fourth-order valence-electron chi connectivity index (χ4n) is 4.15. The van der Waals surface area contributed by atoms with Gasteiger partial charge in [0, 0.05) is 34.3 Å². The summed E-state index contributed by atoms with van der Waals surface area (Å²) in [6, 6.07) is -0.318. The van der Waals surface area contributed by atoms with Gasteiger partial charge in [-0.3, -0.25) is 5.32 Å². The smallest absolute Gasteiger partial charge is 0.341 e. The Morgan fingerprint density at radius 1 is 1.16 bits per heavy atom. The molecule has 4 heterocycles. The summed E-state index contributed by atoms with van der Waals surface area (Å²) in [6.07, 6.45) is 1.65. The summed E-state index contributed by atoms with van der Waals surface area (Å²) in [5, 5.41) is 6.43. The second-order valence-corrected chi connectivity index (χ2v) is 11.8. The minimum Gasteiger partial charge on any atom is -0.456 e. The second-order valence-electron chi connectivity index (χ2n) is 9.35. The van der Waals surface area contributed by atoms with E-state index in [1.54, 1.807) is 0 Å². The third-order valence-corrected chi connectivity index (χ3v) is 7.93. The molecule has 0 aromatic carbocycles. The number of hydrogen-bond donors (Lipinski definition) is 2. The number of nitrogens with one attached hydrogen (secondary N) is 2. The van der Waals surface area contributed by atoms with Crippen LogP contribution in [0.15, 0.2) is 0 Å². The molecule has 0 unspecified atom stereocenters. The van der Waals surface area contributed by atoms with E-state index >= 15 is 0 Å². The highest BCUT2D eigenvalue weighted by Crippen LogP contribution is 2.38. The largest absolute Gasteiger partial charge is 0.456 e. The summed E-state index contributed by atoms with van der Waals surface area (Å²) in [6.45, 7) is 11.1. The Kier molecular flexibility index (Phi) is 6.63. The normalized spacial score (nSPS) is 16.3. The highest BCUT2D eigenvalue weighted by molar-refractivity contribution is 7.17. The van der Waals surface area contributed by atoms with Crippen molar-refractivity contribution in [2.45, 2.75) is 65.8 Å². The molecule has 0 bridgehead atoms. The SMILES string of the molecule is Cc1sc2c(c1CNC(=O)Nc1sc3c(c1C(=O)OC(C)(C)C)CCOC3)CCN(C)C2. The van der Waals surface area contributed by atoms with Gasteiger partial charge in [-0.1, -0.05) is 0 Å². The molecule has 2 amide bonds. The van der Waals surface area contributed by atoms with Crippen molar-refractivity contribution >= 4 is 39.7 Å². The summed E-state index contributed by atoms with van der Waals surface area (Å²) in [5.74, 6) is -0.404. The van der Waals surface area contributed by atoms with Crippen molar-refractivity contribution in [2.75, 3.05) is 25.5 Å². The maximum absolute atomic E-state index is 12.9. The first-order valence-electron chi connectivity index (χ1n) is 10.9. The number of urea groups is 1. The number of amides is 2. The molecule has 0 atom stereocenters. The van der Waals surface area contributed by atoms with E-state index in [1.165, 1.54) is 32.2 Å². The van der Waals surface area contributed by atoms with Crippen LogP contribution >= 0.6 is 22.7 Å². The zero-order valence-corrected chi connectivity index (χ0v) is 21.0. The first-order chi connectivity index (χ1) is 15.1. The lowest BCUT2D eigenvalue weighted by Crippen LogP contribution is -2.31. The molecule has 2 aliphatic rings. The number of ether oxygens (including phenoxy) is 2. The number of esters is 1. The summed E-state index contributed by atoms with van der Waals surface area (Å²) in [7, 11) is 2.14. The van der Waals surface area contributed by atoms with Gasteiger partial charge in [0.05, 0.1) is 18.8 Å². The number of carbonyl (C=O) groups excluding carboxylic acids is 2. The quantitative estimate of drug-likeness (QED) is 0.636. The summed E-state index contributed by atoms with van der Waals surface area (Å²) in [5.41, 5.74) is 3.38. The number of hydrogen-bond acceptors (Lipinski definition) is 7. The second kappa shape index (κ2) is 9.13. The van der Waals surface area contributed by atoms with Gasteiger partial charge in [0.2, 0.25) is 0 Å². The van der Waals surface area contributed by atoms with Gasteiger partial charge in [-0.25, -0.2) is 9.59 Å². The molecule has 2 N–H and O–H groups in total. The van der Waals surface area contributed by atoms with Gasteiger partial charge in [-0.15, -0.1) is 22.7 Å². The lowest BCUT2D eigenvalue weighted by molar-refractivity contribution is 0.00685. The number of carbonyl (C=O) groups is 2. The van der Waals surface area contributed by atoms with Gasteiger partial charge in [0.25, 0.3) is 0 Å². The molecule has 0 fully saturated rings. The van der Waals surface area contributed by atoms with Crippen molar-refractivity contribution in [2.24, 2.45) is 0 Å². The van der Waals surface area contributed by atoms with Crippen LogP contribution in [0.1, 0.15) is 62.5 Å². The van der Waals surface area contributed by atoms with E-state index in [-0.39, 0.29) is 6.03 Å². The number of aryl methyl sites for hydroxylation is 1. The van der Waals surface area contributed by atoms with Crippen LogP contribution < -0.4 is 10.6 Å². The molecule has 4 rings (SSSR count). The van der Waals surface area contributed by atoms with Crippen LogP contribution in [0.3, 0.4) is 0 Å². The van der Waals surface area contributed by atoms with Crippen molar-refractivity contribution in [3.63, 3.8) is 0 Å². The average Bonchev–Trinajstić information content (AvgIpc) is 3.20. The molecule has 2 aliphatic heterocycles. The fraction of sp³-hybridized carbons (Fsp3) is 0.565. The molecular weight excluding hydrogens is 446 g/mol. The molecule has 2 aromatic heterocycles. The maximum Gasteiger partial charge on any atom is 0.341 e. The first kappa shape index (κ1) is 23.2. The van der Waals surface area contributed by atoms with Crippen LogP contribution in [-0.4, -0.2) is 42.7 Å². The van der Waals surface area contributed by atoms with Crippen LogP contribution in [0.4, 0.5) is 9.80 Å². The van der Waals surface area contributed by atoms with E-state index in [9.17, 15) is 9.59 Å². The van der Waals surface area contributed by atoms with Crippen molar-refractivity contribution in [3.8, 4) is 0 Å². The van der Waals surface area contributed by atoms with E-state index in [0.29, 0.717) is 36.7 Å². The van der Waals surface area contributed by atoms with Crippen LogP contribution in [0, 0.1) is 6.92 Å². The molecule has 0 aliphatic carbocycles. The van der Waals surface area contributed by atoms with Crippen molar-refractivity contribution in [1.29, 1.82) is 0 Å². The third-order valence-electron chi connectivity index (χ3n) is 5.64. The summed E-state index contributed by atoms with van der Waals surface area (Å²) >= 11 is 3.21. The van der Waals surface area contributed by atoms with Crippen LogP contribution in [-0.2, 0) is 42.0 Å². The summed E-state index contributed by atoms with van der Waals surface area (Å²) < 4.78 is 11.2. The van der Waals surface area contributed by atoms with Gasteiger partial charge in [0.1, 0.15) is 10.6 Å². The standard InChI is InChI=1S/C23H31N3O4S2/c1-13-16(14-6-8-26(5)11-17(14)31-13)10-24-22(28)25-20-19(21(27)30-23(2,3)4)15-7-9-29-12-18(15)32-20/h6-12H2,1-5H3,(H2,24,25,28). The molecule has 174 valence electrons. The number of rotatable bonds is 4. The number of anilines is 1. The lowest BCUT2D eigenvalue weighted by atomic mass is 10.0. The Bertz CT molecular complexity index is 1040. The van der Waals surface area contributed by atoms with E-state index in [1.807, 2.05) is 32.1 Å². The lowest BCUT2D eigenvalue weighted by Gasteiger charge is -2.23. The van der Waals surface area contributed by atoms with E-state index in [2.05, 4.69) is 29.5 Å². The summed E-state index contributed by atoms with van der Waals surface area (Å²) in [4.78, 5) is 31.7. The highest BCUT2D eigenvalue weighted by atomic mass is 32.1. The average molecular weight is 478 g/mol. The highest BCUT2D eigenvalue weighted by Gasteiger charge is 2.30. The van der Waals surface area contributed by atoms with Crippen molar-refractivity contribution in [1.82, 2.24) is 10.2 Å². The number of fused-ring (bicyclic) bond motifs is 2. The minimum atomic E-state index is -0.611. The number of nitrogens with zero attached hydrogens (tertiary/aromatic N) is 1. The molecule has 0 spiro atoms. The predicted molar refractivity (Wildman–Crippen MR) is 128 cm³/mol. The Balaban J connectivity index is 1.49. The third kappa shape index (κ3) is 5.01. The topological polar surface area (TPSA) is 79.9 Å². The van der Waals surface area contributed by atoms with Gasteiger partial charge in [-0.2, -0.15) is 0 Å². The Morgan fingerprint density at radius 2 is 1.94 bits per heavy atom. The Morgan fingerprint density at radius 3 is 2.69 bits per heavy atom. The van der Waals surface area contributed by atoms with E-state index < -0.39 is 11.6 Å². The minimum absolute atomic E-state index is 0.318. The number of likely N-dealkylation sites (N-methyl/N-ethyl adjacent to an activating group) is 1. The monoisotopic (exact) mass is 477 g/mol. The first-order valence-corrected chi connectivity index (χ1v) is 12.5. The van der Waals surface area contributed by atoms with Crippen LogP contribution in [0.2, 0.25) is 0 Å². The maximum atomic E-state index is 12.9. The Labute approximate surface area is 197 Å². The van der Waals surface area contributed by atoms with Gasteiger partial charge in [0.15, 0.2) is 0 Å². The zero-order valence-electron chi connectivity index (χ0n) is 19.3. The van der Waals surface area contributed by atoms with Crippen molar-refractivity contribution in [3.05, 3.63) is 36.9 Å². The van der Waals surface area contributed by atoms with E-state index in [4.69, 9.17) is 9.47 Å².